The first-order valence-electron chi connectivity index (χ1n) is 6.90. The van der Waals surface area contributed by atoms with Crippen molar-refractivity contribution in [3.05, 3.63) is 59.4 Å². The van der Waals surface area contributed by atoms with E-state index < -0.39 is 5.82 Å². The number of rotatable bonds is 6. The Hall–Kier alpha value is -2.07. The normalized spacial score (nSPS) is 12.0. The lowest BCUT2D eigenvalue weighted by Gasteiger charge is -2.17. The topological polar surface area (TPSA) is 44.5 Å². The maximum absolute atomic E-state index is 14.6. The monoisotopic (exact) mass is 289 g/mol. The van der Waals surface area contributed by atoms with E-state index in [1.165, 1.54) is 7.11 Å². The summed E-state index contributed by atoms with van der Waals surface area (Å²) in [5.74, 6) is 0.177. The zero-order valence-electron chi connectivity index (χ0n) is 12.3. The molecule has 2 aromatic carbocycles. The molecule has 4 heteroatoms. The standard InChI is InChI=1S/C17H20FNO2/c1-12(10-19)16-14(20-2)8-9-15(17(16)18)21-11-13-6-4-3-5-7-13/h3-9,12H,10-11,19H2,1-2H3. The largest absolute Gasteiger partial charge is 0.496 e. The Bertz CT molecular complexity index is 587. The highest BCUT2D eigenvalue weighted by Gasteiger charge is 2.19. The molecule has 0 radical (unpaired) electrons. The van der Waals surface area contributed by atoms with Crippen molar-refractivity contribution < 1.29 is 13.9 Å². The maximum atomic E-state index is 14.6. The number of hydrogen-bond acceptors (Lipinski definition) is 3. The van der Waals surface area contributed by atoms with Gasteiger partial charge in [-0.2, -0.15) is 0 Å². The average Bonchev–Trinajstić information content (AvgIpc) is 2.53. The molecule has 2 rings (SSSR count). The Morgan fingerprint density at radius 2 is 1.76 bits per heavy atom. The van der Waals surface area contributed by atoms with Crippen molar-refractivity contribution in [1.82, 2.24) is 0 Å². The van der Waals surface area contributed by atoms with Crippen LogP contribution in [0, 0.1) is 5.82 Å². The number of benzene rings is 2. The highest BCUT2D eigenvalue weighted by molar-refractivity contribution is 5.44. The van der Waals surface area contributed by atoms with Gasteiger partial charge in [0, 0.05) is 11.5 Å². The van der Waals surface area contributed by atoms with Crippen molar-refractivity contribution in [2.75, 3.05) is 13.7 Å². The first-order valence-corrected chi connectivity index (χ1v) is 6.90. The Balaban J connectivity index is 2.24. The number of nitrogens with two attached hydrogens (primary N) is 1. The van der Waals surface area contributed by atoms with Crippen LogP contribution in [0.3, 0.4) is 0 Å². The van der Waals surface area contributed by atoms with Gasteiger partial charge in [-0.15, -0.1) is 0 Å². The fourth-order valence-corrected chi connectivity index (χ4v) is 2.16. The molecular weight excluding hydrogens is 269 g/mol. The average molecular weight is 289 g/mol. The summed E-state index contributed by atoms with van der Waals surface area (Å²) in [6, 6.07) is 12.9. The third kappa shape index (κ3) is 3.52. The van der Waals surface area contributed by atoms with Gasteiger partial charge in [0.1, 0.15) is 12.4 Å². The molecule has 0 heterocycles. The van der Waals surface area contributed by atoms with Gasteiger partial charge in [0.2, 0.25) is 0 Å². The molecule has 2 aromatic rings. The summed E-state index contributed by atoms with van der Waals surface area (Å²) in [5.41, 5.74) is 7.10. The lowest BCUT2D eigenvalue weighted by atomic mass is 9.99. The zero-order valence-corrected chi connectivity index (χ0v) is 12.3. The molecule has 1 atom stereocenters. The molecule has 0 amide bonds. The van der Waals surface area contributed by atoms with Gasteiger partial charge in [0.15, 0.2) is 11.6 Å². The first-order chi connectivity index (χ1) is 10.2. The Kier molecular flexibility index (Phi) is 5.17. The number of halogens is 1. The van der Waals surface area contributed by atoms with E-state index in [2.05, 4.69) is 0 Å². The van der Waals surface area contributed by atoms with Crippen molar-refractivity contribution in [2.45, 2.75) is 19.4 Å². The molecule has 0 saturated carbocycles. The van der Waals surface area contributed by atoms with E-state index in [0.717, 1.165) is 5.56 Å². The fraction of sp³-hybridized carbons (Fsp3) is 0.294. The molecule has 0 bridgehead atoms. The van der Waals surface area contributed by atoms with Crippen LogP contribution < -0.4 is 15.2 Å². The number of ether oxygens (including phenoxy) is 2. The molecule has 0 aromatic heterocycles. The molecular formula is C17H20FNO2. The van der Waals surface area contributed by atoms with Crippen LogP contribution in [0.25, 0.3) is 0 Å². The molecule has 0 aliphatic rings. The summed E-state index contributed by atoms with van der Waals surface area (Å²) in [7, 11) is 1.52. The lowest BCUT2D eigenvalue weighted by molar-refractivity contribution is 0.286. The Morgan fingerprint density at radius 1 is 1.10 bits per heavy atom. The summed E-state index contributed by atoms with van der Waals surface area (Å²) < 4.78 is 25.4. The van der Waals surface area contributed by atoms with Gasteiger partial charge in [-0.25, -0.2) is 4.39 Å². The van der Waals surface area contributed by atoms with E-state index >= 15 is 0 Å². The van der Waals surface area contributed by atoms with Gasteiger partial charge >= 0.3 is 0 Å². The predicted octanol–water partition coefficient (Wildman–Crippen LogP) is 3.48. The van der Waals surface area contributed by atoms with Gasteiger partial charge in [0.25, 0.3) is 0 Å². The zero-order chi connectivity index (χ0) is 15.2. The minimum absolute atomic E-state index is 0.139. The van der Waals surface area contributed by atoms with E-state index in [4.69, 9.17) is 15.2 Å². The van der Waals surface area contributed by atoms with Crippen LogP contribution in [0.15, 0.2) is 42.5 Å². The highest BCUT2D eigenvalue weighted by Crippen LogP contribution is 2.34. The van der Waals surface area contributed by atoms with Crippen molar-refractivity contribution in [3.8, 4) is 11.5 Å². The predicted molar refractivity (Wildman–Crippen MR) is 81.2 cm³/mol. The van der Waals surface area contributed by atoms with E-state index in [1.807, 2.05) is 37.3 Å². The summed E-state index contributed by atoms with van der Waals surface area (Å²) in [6.45, 7) is 2.53. The van der Waals surface area contributed by atoms with E-state index in [-0.39, 0.29) is 11.7 Å². The minimum Gasteiger partial charge on any atom is -0.496 e. The SMILES string of the molecule is COc1ccc(OCc2ccccc2)c(F)c1C(C)CN. The molecule has 0 saturated heterocycles. The smallest absolute Gasteiger partial charge is 0.172 e. The third-order valence-electron chi connectivity index (χ3n) is 3.41. The second kappa shape index (κ2) is 7.09. The minimum atomic E-state index is -0.400. The van der Waals surface area contributed by atoms with Crippen molar-refractivity contribution >= 4 is 0 Å². The molecule has 2 N–H and O–H groups in total. The van der Waals surface area contributed by atoms with Crippen LogP contribution in [0.4, 0.5) is 4.39 Å². The summed E-state index contributed by atoms with van der Waals surface area (Å²) in [5, 5.41) is 0. The Labute approximate surface area is 124 Å². The van der Waals surface area contributed by atoms with Gasteiger partial charge < -0.3 is 15.2 Å². The van der Waals surface area contributed by atoms with Crippen molar-refractivity contribution in [3.63, 3.8) is 0 Å². The van der Waals surface area contributed by atoms with Crippen LogP contribution in [0.2, 0.25) is 0 Å². The third-order valence-corrected chi connectivity index (χ3v) is 3.41. The molecule has 3 nitrogen and oxygen atoms in total. The maximum Gasteiger partial charge on any atom is 0.172 e. The van der Waals surface area contributed by atoms with Gasteiger partial charge in [0.05, 0.1) is 7.11 Å². The molecule has 0 aliphatic carbocycles. The summed E-state index contributed by atoms with van der Waals surface area (Å²) >= 11 is 0. The quantitative estimate of drug-likeness (QED) is 0.885. The van der Waals surface area contributed by atoms with Crippen LogP contribution in [-0.2, 0) is 6.61 Å². The second-order valence-electron chi connectivity index (χ2n) is 4.90. The van der Waals surface area contributed by atoms with Crippen LogP contribution >= 0.6 is 0 Å². The molecule has 0 aliphatic heterocycles. The van der Waals surface area contributed by atoms with Crippen LogP contribution in [0.5, 0.6) is 11.5 Å². The van der Waals surface area contributed by atoms with E-state index in [0.29, 0.717) is 24.5 Å². The molecule has 1 unspecified atom stereocenters. The molecule has 21 heavy (non-hydrogen) atoms. The van der Waals surface area contributed by atoms with Gasteiger partial charge in [-0.1, -0.05) is 37.3 Å². The fourth-order valence-electron chi connectivity index (χ4n) is 2.16. The van der Waals surface area contributed by atoms with Crippen LogP contribution in [0.1, 0.15) is 24.0 Å². The summed E-state index contributed by atoms with van der Waals surface area (Å²) in [4.78, 5) is 0. The number of hydrogen-bond donors (Lipinski definition) is 1. The van der Waals surface area contributed by atoms with Crippen molar-refractivity contribution in [2.24, 2.45) is 5.73 Å². The van der Waals surface area contributed by atoms with E-state index in [1.54, 1.807) is 12.1 Å². The summed E-state index contributed by atoms with van der Waals surface area (Å²) in [6.07, 6.45) is 0. The van der Waals surface area contributed by atoms with E-state index in [9.17, 15) is 4.39 Å². The first kappa shape index (κ1) is 15.3. The van der Waals surface area contributed by atoms with Gasteiger partial charge in [-0.3, -0.25) is 0 Å². The highest BCUT2D eigenvalue weighted by atomic mass is 19.1. The second-order valence-corrected chi connectivity index (χ2v) is 4.90. The molecule has 0 spiro atoms. The molecule has 0 fully saturated rings. The van der Waals surface area contributed by atoms with Crippen molar-refractivity contribution in [1.29, 1.82) is 0 Å². The lowest BCUT2D eigenvalue weighted by Crippen LogP contribution is -2.12. The van der Waals surface area contributed by atoms with Gasteiger partial charge in [-0.05, 0) is 24.2 Å². The van der Waals surface area contributed by atoms with Crippen LogP contribution in [-0.4, -0.2) is 13.7 Å². The molecule has 112 valence electrons. The Morgan fingerprint density at radius 3 is 2.38 bits per heavy atom. The number of methoxy groups -OCH3 is 1.